The van der Waals surface area contributed by atoms with Crippen LogP contribution in [0.2, 0.25) is 5.02 Å². The zero-order chi connectivity index (χ0) is 8.97. The van der Waals surface area contributed by atoms with Crippen molar-refractivity contribution < 1.29 is 0 Å². The van der Waals surface area contributed by atoms with Crippen LogP contribution in [0.25, 0.3) is 0 Å². The number of nitrogens with zero attached hydrogens (tertiary/aromatic N) is 2. The maximum Gasteiger partial charge on any atom is 0.105 e. The van der Waals surface area contributed by atoms with Gasteiger partial charge in [0, 0.05) is 17.8 Å². The van der Waals surface area contributed by atoms with Crippen LogP contribution in [0.1, 0.15) is 0 Å². The number of nitriles is 1. The van der Waals surface area contributed by atoms with Gasteiger partial charge in [-0.05, 0) is 24.3 Å². The number of halogens is 1. The lowest BCUT2D eigenvalue weighted by atomic mass is 10.3. The molecule has 0 bridgehead atoms. The molecule has 0 saturated heterocycles. The second-order valence-corrected chi connectivity index (χ2v) is 2.93. The lowest BCUT2D eigenvalue weighted by molar-refractivity contribution is 1.04. The van der Waals surface area contributed by atoms with Gasteiger partial charge >= 0.3 is 0 Å². The highest BCUT2D eigenvalue weighted by atomic mass is 35.5. The van der Waals surface area contributed by atoms with Crippen molar-refractivity contribution in [1.82, 2.24) is 0 Å². The third kappa shape index (κ3) is 2.14. The van der Waals surface area contributed by atoms with E-state index in [-0.39, 0.29) is 0 Å². The molecule has 2 nitrogen and oxygen atoms in total. The summed E-state index contributed by atoms with van der Waals surface area (Å²) in [5.41, 5.74) is 1.00. The monoisotopic (exact) mass is 180 g/mol. The van der Waals surface area contributed by atoms with E-state index < -0.39 is 0 Å². The third-order valence-corrected chi connectivity index (χ3v) is 1.83. The first-order valence-electron chi connectivity index (χ1n) is 3.57. The molecule has 0 saturated carbocycles. The van der Waals surface area contributed by atoms with E-state index in [0.29, 0.717) is 11.6 Å². The predicted octanol–water partition coefficient (Wildman–Crippen LogP) is 2.30. The van der Waals surface area contributed by atoms with Crippen molar-refractivity contribution in [2.75, 3.05) is 18.5 Å². The molecule has 0 amide bonds. The van der Waals surface area contributed by atoms with Crippen molar-refractivity contribution in [1.29, 1.82) is 5.26 Å². The van der Waals surface area contributed by atoms with Crippen LogP contribution in [-0.2, 0) is 0 Å². The number of rotatable bonds is 2. The van der Waals surface area contributed by atoms with Crippen molar-refractivity contribution in [3.05, 3.63) is 29.3 Å². The van der Waals surface area contributed by atoms with Gasteiger partial charge in [0.1, 0.15) is 6.54 Å². The molecule has 1 aromatic rings. The maximum absolute atomic E-state index is 8.43. The summed E-state index contributed by atoms with van der Waals surface area (Å²) >= 11 is 5.71. The normalized spacial score (nSPS) is 9.08. The number of anilines is 1. The van der Waals surface area contributed by atoms with Crippen LogP contribution in [0.3, 0.4) is 0 Å². The minimum Gasteiger partial charge on any atom is -0.361 e. The zero-order valence-corrected chi connectivity index (χ0v) is 7.54. The first kappa shape index (κ1) is 8.89. The van der Waals surface area contributed by atoms with E-state index in [1.54, 1.807) is 0 Å². The van der Waals surface area contributed by atoms with E-state index in [1.165, 1.54) is 0 Å². The van der Waals surface area contributed by atoms with Crippen molar-refractivity contribution in [3.8, 4) is 6.07 Å². The lowest BCUT2D eigenvalue weighted by Gasteiger charge is -2.14. The third-order valence-electron chi connectivity index (χ3n) is 1.58. The average molecular weight is 181 g/mol. The Morgan fingerprint density at radius 2 is 2.00 bits per heavy atom. The molecule has 1 aromatic carbocycles. The molecule has 0 unspecified atom stereocenters. The average Bonchev–Trinajstić information content (AvgIpc) is 2.06. The quantitative estimate of drug-likeness (QED) is 0.653. The SMILES string of the molecule is CN(CC#N)c1ccc(Cl)cc1. The number of benzene rings is 1. The van der Waals surface area contributed by atoms with Gasteiger partial charge < -0.3 is 4.90 Å². The summed E-state index contributed by atoms with van der Waals surface area (Å²) in [5, 5.41) is 9.15. The Morgan fingerprint density at radius 1 is 1.42 bits per heavy atom. The highest BCUT2D eigenvalue weighted by Crippen LogP contribution is 2.15. The van der Waals surface area contributed by atoms with Crippen LogP contribution in [0, 0.1) is 11.3 Å². The van der Waals surface area contributed by atoms with Gasteiger partial charge in [-0.2, -0.15) is 5.26 Å². The van der Waals surface area contributed by atoms with E-state index in [4.69, 9.17) is 16.9 Å². The highest BCUT2D eigenvalue weighted by molar-refractivity contribution is 6.30. The molecule has 0 aliphatic heterocycles. The van der Waals surface area contributed by atoms with E-state index in [1.807, 2.05) is 36.2 Å². The molecule has 0 heterocycles. The second kappa shape index (κ2) is 3.99. The minimum absolute atomic E-state index is 0.391. The topological polar surface area (TPSA) is 27.0 Å². The fraction of sp³-hybridized carbons (Fsp3) is 0.222. The largest absolute Gasteiger partial charge is 0.361 e. The van der Waals surface area contributed by atoms with Gasteiger partial charge in [-0.15, -0.1) is 0 Å². The van der Waals surface area contributed by atoms with Crippen LogP contribution in [0.5, 0.6) is 0 Å². The summed E-state index contributed by atoms with van der Waals surface area (Å²) in [6.45, 7) is 0.391. The molecule has 12 heavy (non-hydrogen) atoms. The van der Waals surface area contributed by atoms with E-state index in [2.05, 4.69) is 6.07 Å². The summed E-state index contributed by atoms with van der Waals surface area (Å²) in [6.07, 6.45) is 0. The van der Waals surface area contributed by atoms with Crippen LogP contribution < -0.4 is 4.90 Å². The van der Waals surface area contributed by atoms with E-state index in [0.717, 1.165) is 5.69 Å². The highest BCUT2D eigenvalue weighted by Gasteiger charge is 1.97. The Bertz CT molecular complexity index is 286. The molecule has 0 N–H and O–H groups in total. The summed E-state index contributed by atoms with van der Waals surface area (Å²) in [7, 11) is 1.87. The Kier molecular flexibility index (Phi) is 2.95. The predicted molar refractivity (Wildman–Crippen MR) is 50.3 cm³/mol. The van der Waals surface area contributed by atoms with Crippen LogP contribution in [-0.4, -0.2) is 13.6 Å². The Balaban J connectivity index is 2.76. The standard InChI is InChI=1S/C9H9ClN2/c1-12(7-6-11)9-4-2-8(10)3-5-9/h2-5H,7H2,1H3. The van der Waals surface area contributed by atoms with Gasteiger partial charge in [0.2, 0.25) is 0 Å². The summed E-state index contributed by atoms with van der Waals surface area (Å²) in [5.74, 6) is 0. The Labute approximate surface area is 77.0 Å². The van der Waals surface area contributed by atoms with Crippen LogP contribution in [0.15, 0.2) is 24.3 Å². The van der Waals surface area contributed by atoms with Crippen molar-refractivity contribution in [2.24, 2.45) is 0 Å². The molecule has 1 rings (SSSR count). The second-order valence-electron chi connectivity index (χ2n) is 2.49. The molecule has 62 valence electrons. The molecular formula is C9H9ClN2. The number of hydrogen-bond acceptors (Lipinski definition) is 2. The summed E-state index contributed by atoms with van der Waals surface area (Å²) in [6, 6.07) is 9.47. The summed E-state index contributed by atoms with van der Waals surface area (Å²) in [4.78, 5) is 1.86. The molecule has 0 aliphatic rings. The maximum atomic E-state index is 8.43. The molecule has 0 aliphatic carbocycles. The molecular weight excluding hydrogens is 172 g/mol. The molecule has 3 heteroatoms. The van der Waals surface area contributed by atoms with Gasteiger partial charge in [0.05, 0.1) is 6.07 Å². The number of hydrogen-bond donors (Lipinski definition) is 0. The molecule has 0 spiro atoms. The van der Waals surface area contributed by atoms with Crippen LogP contribution >= 0.6 is 11.6 Å². The Hall–Kier alpha value is -1.20. The van der Waals surface area contributed by atoms with Gasteiger partial charge in [-0.25, -0.2) is 0 Å². The molecule has 0 atom stereocenters. The smallest absolute Gasteiger partial charge is 0.105 e. The van der Waals surface area contributed by atoms with E-state index >= 15 is 0 Å². The van der Waals surface area contributed by atoms with E-state index in [9.17, 15) is 0 Å². The first-order chi connectivity index (χ1) is 5.74. The lowest BCUT2D eigenvalue weighted by Crippen LogP contribution is -2.16. The fourth-order valence-corrected chi connectivity index (χ4v) is 1.02. The van der Waals surface area contributed by atoms with Crippen LogP contribution in [0.4, 0.5) is 5.69 Å². The first-order valence-corrected chi connectivity index (χ1v) is 3.95. The van der Waals surface area contributed by atoms with Gasteiger partial charge in [-0.3, -0.25) is 0 Å². The fourth-order valence-electron chi connectivity index (χ4n) is 0.893. The van der Waals surface area contributed by atoms with Gasteiger partial charge in [0.15, 0.2) is 0 Å². The van der Waals surface area contributed by atoms with Gasteiger partial charge in [-0.1, -0.05) is 11.6 Å². The minimum atomic E-state index is 0.391. The molecule has 0 radical (unpaired) electrons. The summed E-state index contributed by atoms with van der Waals surface area (Å²) < 4.78 is 0. The van der Waals surface area contributed by atoms with Gasteiger partial charge in [0.25, 0.3) is 0 Å². The van der Waals surface area contributed by atoms with Crippen molar-refractivity contribution >= 4 is 17.3 Å². The Morgan fingerprint density at radius 3 is 2.50 bits per heavy atom. The molecule has 0 aromatic heterocycles. The zero-order valence-electron chi connectivity index (χ0n) is 6.79. The molecule has 0 fully saturated rings. The van der Waals surface area contributed by atoms with Crippen molar-refractivity contribution in [3.63, 3.8) is 0 Å². The van der Waals surface area contributed by atoms with Crippen molar-refractivity contribution in [2.45, 2.75) is 0 Å².